The lowest BCUT2D eigenvalue weighted by Crippen LogP contribution is -2.35. The summed E-state index contributed by atoms with van der Waals surface area (Å²) in [7, 11) is 1.37. The number of nitrogens with zero attached hydrogens (tertiary/aromatic N) is 1. The molecule has 1 aliphatic heterocycles. The Morgan fingerprint density at radius 2 is 2.27 bits per heavy atom. The molecule has 0 radical (unpaired) electrons. The smallest absolute Gasteiger partial charge is 0.311 e. The van der Waals surface area contributed by atoms with Gasteiger partial charge in [-0.05, 0) is 13.3 Å². The second-order valence-electron chi connectivity index (χ2n) is 4.02. The average molecular weight is 213 g/mol. The quantitative estimate of drug-likeness (QED) is 0.659. The van der Waals surface area contributed by atoms with Crippen LogP contribution in [-0.4, -0.2) is 36.5 Å². The largest absolute Gasteiger partial charge is 0.469 e. The molecule has 2 unspecified atom stereocenters. The predicted molar refractivity (Wildman–Crippen MR) is 56.2 cm³/mol. The molecule has 1 heterocycles. The fourth-order valence-electron chi connectivity index (χ4n) is 2.01. The molecule has 86 valence electrons. The molecule has 0 bridgehead atoms. The minimum Gasteiger partial charge on any atom is -0.469 e. The van der Waals surface area contributed by atoms with E-state index in [1.165, 1.54) is 7.11 Å². The van der Waals surface area contributed by atoms with Crippen molar-refractivity contribution in [2.75, 3.05) is 13.7 Å². The van der Waals surface area contributed by atoms with E-state index in [1.54, 1.807) is 4.90 Å². The van der Waals surface area contributed by atoms with Gasteiger partial charge in [-0.15, -0.1) is 0 Å². The summed E-state index contributed by atoms with van der Waals surface area (Å²) in [5.74, 6) is -0.472. The molecule has 0 aromatic carbocycles. The standard InChI is InChI=1S/C11H19NO3/c1-4-5-6-12-8(2)9(7-10(12)13)11(14)15-3/h8-9H,4-7H2,1-3H3. The number of ether oxygens (including phenoxy) is 1. The van der Waals surface area contributed by atoms with Crippen molar-refractivity contribution in [3.8, 4) is 0 Å². The number of carbonyl (C=O) groups is 2. The van der Waals surface area contributed by atoms with Gasteiger partial charge in [0.15, 0.2) is 0 Å². The van der Waals surface area contributed by atoms with E-state index in [1.807, 2.05) is 6.92 Å². The number of rotatable bonds is 4. The highest BCUT2D eigenvalue weighted by molar-refractivity contribution is 5.87. The van der Waals surface area contributed by atoms with E-state index in [9.17, 15) is 9.59 Å². The van der Waals surface area contributed by atoms with Crippen LogP contribution in [0.25, 0.3) is 0 Å². The first-order valence-electron chi connectivity index (χ1n) is 5.49. The monoisotopic (exact) mass is 213 g/mol. The molecule has 1 aliphatic rings. The van der Waals surface area contributed by atoms with Crippen LogP contribution in [0.15, 0.2) is 0 Å². The van der Waals surface area contributed by atoms with Gasteiger partial charge in [0, 0.05) is 19.0 Å². The van der Waals surface area contributed by atoms with Crippen molar-refractivity contribution in [2.45, 2.75) is 39.2 Å². The molecule has 0 aromatic rings. The topological polar surface area (TPSA) is 46.6 Å². The van der Waals surface area contributed by atoms with E-state index < -0.39 is 0 Å². The normalized spacial score (nSPS) is 25.8. The number of esters is 1. The number of unbranched alkanes of at least 4 members (excludes halogenated alkanes) is 1. The highest BCUT2D eigenvalue weighted by Crippen LogP contribution is 2.26. The number of methoxy groups -OCH3 is 1. The van der Waals surface area contributed by atoms with Gasteiger partial charge in [-0.3, -0.25) is 9.59 Å². The Kier molecular flexibility index (Phi) is 4.12. The molecule has 1 rings (SSSR count). The van der Waals surface area contributed by atoms with Gasteiger partial charge in [-0.2, -0.15) is 0 Å². The number of hydrogen-bond acceptors (Lipinski definition) is 3. The van der Waals surface area contributed by atoms with Gasteiger partial charge in [0.1, 0.15) is 0 Å². The van der Waals surface area contributed by atoms with Crippen molar-refractivity contribution in [3.05, 3.63) is 0 Å². The first kappa shape index (κ1) is 12.0. The number of carbonyl (C=O) groups excluding carboxylic acids is 2. The summed E-state index contributed by atoms with van der Waals surface area (Å²) in [6.07, 6.45) is 2.35. The summed E-state index contributed by atoms with van der Waals surface area (Å²) in [5, 5.41) is 0. The lowest BCUT2D eigenvalue weighted by Gasteiger charge is -2.23. The minimum atomic E-state index is -0.278. The Bertz CT molecular complexity index is 252. The van der Waals surface area contributed by atoms with Crippen LogP contribution in [0.3, 0.4) is 0 Å². The summed E-state index contributed by atoms with van der Waals surface area (Å²) in [5.41, 5.74) is 0. The van der Waals surface area contributed by atoms with E-state index in [-0.39, 0.29) is 23.8 Å². The van der Waals surface area contributed by atoms with E-state index in [4.69, 9.17) is 0 Å². The zero-order valence-electron chi connectivity index (χ0n) is 9.66. The molecule has 0 saturated carbocycles. The first-order chi connectivity index (χ1) is 7.11. The van der Waals surface area contributed by atoms with Crippen molar-refractivity contribution in [1.29, 1.82) is 0 Å². The van der Waals surface area contributed by atoms with Crippen LogP contribution in [-0.2, 0) is 14.3 Å². The SMILES string of the molecule is CCCCN1C(=O)CC(C(=O)OC)C1C. The molecule has 0 spiro atoms. The summed E-state index contributed by atoms with van der Waals surface area (Å²) >= 11 is 0. The van der Waals surface area contributed by atoms with Crippen molar-refractivity contribution in [3.63, 3.8) is 0 Å². The second-order valence-corrected chi connectivity index (χ2v) is 4.02. The van der Waals surface area contributed by atoms with Crippen LogP contribution in [0.1, 0.15) is 33.1 Å². The Morgan fingerprint density at radius 1 is 1.60 bits per heavy atom. The molecule has 1 amide bonds. The molecular formula is C11H19NO3. The zero-order chi connectivity index (χ0) is 11.4. The van der Waals surface area contributed by atoms with Crippen molar-refractivity contribution >= 4 is 11.9 Å². The Morgan fingerprint density at radius 3 is 2.80 bits per heavy atom. The maximum atomic E-state index is 11.6. The van der Waals surface area contributed by atoms with Gasteiger partial charge in [-0.25, -0.2) is 0 Å². The third-order valence-electron chi connectivity index (χ3n) is 3.05. The van der Waals surface area contributed by atoms with Crippen LogP contribution < -0.4 is 0 Å². The lowest BCUT2D eigenvalue weighted by molar-refractivity contribution is -0.146. The Balaban J connectivity index is 2.61. The third-order valence-corrected chi connectivity index (χ3v) is 3.05. The maximum absolute atomic E-state index is 11.6. The van der Waals surface area contributed by atoms with Crippen molar-refractivity contribution in [1.82, 2.24) is 4.90 Å². The Hall–Kier alpha value is -1.06. The van der Waals surface area contributed by atoms with Crippen molar-refractivity contribution < 1.29 is 14.3 Å². The van der Waals surface area contributed by atoms with Crippen LogP contribution in [0, 0.1) is 5.92 Å². The lowest BCUT2D eigenvalue weighted by atomic mass is 10.0. The van der Waals surface area contributed by atoms with Crippen LogP contribution >= 0.6 is 0 Å². The van der Waals surface area contributed by atoms with E-state index in [0.29, 0.717) is 6.42 Å². The molecular weight excluding hydrogens is 194 g/mol. The first-order valence-corrected chi connectivity index (χ1v) is 5.49. The summed E-state index contributed by atoms with van der Waals surface area (Å²) < 4.78 is 4.69. The molecule has 1 saturated heterocycles. The molecule has 15 heavy (non-hydrogen) atoms. The minimum absolute atomic E-state index is 0.0171. The molecule has 4 heteroatoms. The van der Waals surface area contributed by atoms with Gasteiger partial charge >= 0.3 is 5.97 Å². The summed E-state index contributed by atoms with van der Waals surface area (Å²) in [6, 6.07) is -0.0171. The van der Waals surface area contributed by atoms with Crippen LogP contribution in [0.4, 0.5) is 0 Å². The van der Waals surface area contributed by atoms with E-state index in [0.717, 1.165) is 19.4 Å². The van der Waals surface area contributed by atoms with E-state index in [2.05, 4.69) is 11.7 Å². The Labute approximate surface area is 90.6 Å². The number of likely N-dealkylation sites (tertiary alicyclic amines) is 1. The van der Waals surface area contributed by atoms with Gasteiger partial charge in [0.05, 0.1) is 13.0 Å². The van der Waals surface area contributed by atoms with E-state index >= 15 is 0 Å². The van der Waals surface area contributed by atoms with Crippen molar-refractivity contribution in [2.24, 2.45) is 5.92 Å². The fourth-order valence-corrected chi connectivity index (χ4v) is 2.01. The highest BCUT2D eigenvalue weighted by Gasteiger charge is 2.41. The molecule has 0 aliphatic carbocycles. The molecule has 2 atom stereocenters. The summed E-state index contributed by atoms with van der Waals surface area (Å²) in [6.45, 7) is 4.76. The predicted octanol–water partition coefficient (Wildman–Crippen LogP) is 1.20. The molecule has 4 nitrogen and oxygen atoms in total. The molecule has 1 fully saturated rings. The fraction of sp³-hybridized carbons (Fsp3) is 0.818. The van der Waals surface area contributed by atoms with Crippen LogP contribution in [0.2, 0.25) is 0 Å². The van der Waals surface area contributed by atoms with Crippen LogP contribution in [0.5, 0.6) is 0 Å². The molecule has 0 N–H and O–H groups in total. The second kappa shape index (κ2) is 5.14. The number of hydrogen-bond donors (Lipinski definition) is 0. The highest BCUT2D eigenvalue weighted by atomic mass is 16.5. The van der Waals surface area contributed by atoms with Gasteiger partial charge < -0.3 is 9.64 Å². The number of amides is 1. The van der Waals surface area contributed by atoms with Gasteiger partial charge in [-0.1, -0.05) is 13.3 Å². The zero-order valence-corrected chi connectivity index (χ0v) is 9.66. The molecule has 0 aromatic heterocycles. The average Bonchev–Trinajstić information content (AvgIpc) is 2.51. The van der Waals surface area contributed by atoms with Gasteiger partial charge in [0.25, 0.3) is 0 Å². The third kappa shape index (κ3) is 2.49. The van der Waals surface area contributed by atoms with Gasteiger partial charge in [0.2, 0.25) is 5.91 Å². The maximum Gasteiger partial charge on any atom is 0.311 e. The summed E-state index contributed by atoms with van der Waals surface area (Å²) in [4.78, 5) is 24.8.